The van der Waals surface area contributed by atoms with Crippen LogP contribution in [0.4, 0.5) is 24.9 Å². The van der Waals surface area contributed by atoms with Crippen LogP contribution in [0.25, 0.3) is 0 Å². The highest BCUT2D eigenvalue weighted by molar-refractivity contribution is 5.48. The molecule has 154 valence electrons. The molecule has 1 saturated heterocycles. The van der Waals surface area contributed by atoms with E-state index in [1.54, 1.807) is 0 Å². The van der Waals surface area contributed by atoms with Gasteiger partial charge in [-0.05, 0) is 32.1 Å². The Morgan fingerprint density at radius 3 is 2.71 bits per heavy atom. The van der Waals surface area contributed by atoms with Crippen molar-refractivity contribution in [3.05, 3.63) is 28.6 Å². The summed E-state index contributed by atoms with van der Waals surface area (Å²) in [5.74, 6) is 0.784. The minimum absolute atomic E-state index is 0.000540. The van der Waals surface area contributed by atoms with Crippen LogP contribution in [-0.2, 0) is 11.3 Å². The highest BCUT2D eigenvalue weighted by atomic mass is 19.4. The van der Waals surface area contributed by atoms with Gasteiger partial charge in [0.2, 0.25) is 5.95 Å². The van der Waals surface area contributed by atoms with Gasteiger partial charge in [-0.2, -0.15) is 18.2 Å². The minimum Gasteiger partial charge on any atom is -0.377 e. The lowest BCUT2D eigenvalue weighted by Gasteiger charge is -2.40. The summed E-state index contributed by atoms with van der Waals surface area (Å²) in [4.78, 5) is 20.4. The molecule has 28 heavy (non-hydrogen) atoms. The Morgan fingerprint density at radius 2 is 2.07 bits per heavy atom. The fraction of sp³-hybridized carbons (Fsp3) is 0.684. The van der Waals surface area contributed by atoms with Gasteiger partial charge in [0.05, 0.1) is 19.3 Å². The number of halogens is 3. The molecule has 3 heterocycles. The molecule has 2 atom stereocenters. The zero-order chi connectivity index (χ0) is 20.1. The highest BCUT2D eigenvalue weighted by Gasteiger charge is 2.47. The second kappa shape index (κ2) is 7.09. The molecule has 1 aromatic rings. The second-order valence-corrected chi connectivity index (χ2v) is 7.93. The SMILES string of the molecule is C=C(CN1c2nc(N3CCOCC3C)cc(=O)n2CCC1C(F)(F)F)C1CC1. The Bertz CT molecular complexity index is 818. The van der Waals surface area contributed by atoms with Crippen molar-refractivity contribution >= 4 is 11.8 Å². The predicted octanol–water partition coefficient (Wildman–Crippen LogP) is 2.58. The number of alkyl halides is 3. The molecule has 4 rings (SSSR count). The Labute approximate surface area is 161 Å². The molecule has 6 nitrogen and oxygen atoms in total. The first-order chi connectivity index (χ1) is 13.3. The fourth-order valence-electron chi connectivity index (χ4n) is 4.03. The van der Waals surface area contributed by atoms with E-state index in [4.69, 9.17) is 4.74 Å². The van der Waals surface area contributed by atoms with E-state index >= 15 is 0 Å². The number of nitrogens with zero attached hydrogens (tertiary/aromatic N) is 4. The maximum atomic E-state index is 13.8. The van der Waals surface area contributed by atoms with Crippen molar-refractivity contribution in [2.24, 2.45) is 5.92 Å². The van der Waals surface area contributed by atoms with Crippen LogP contribution in [0, 0.1) is 5.92 Å². The van der Waals surface area contributed by atoms with Gasteiger partial charge in [-0.15, -0.1) is 0 Å². The van der Waals surface area contributed by atoms with Gasteiger partial charge in [0, 0.05) is 25.7 Å². The van der Waals surface area contributed by atoms with Crippen LogP contribution in [0.15, 0.2) is 23.0 Å². The zero-order valence-corrected chi connectivity index (χ0v) is 15.9. The molecule has 9 heteroatoms. The summed E-state index contributed by atoms with van der Waals surface area (Å²) in [7, 11) is 0. The molecule has 1 aromatic heterocycles. The number of fused-ring (bicyclic) bond motifs is 1. The first kappa shape index (κ1) is 19.3. The molecule has 1 saturated carbocycles. The van der Waals surface area contributed by atoms with Crippen molar-refractivity contribution < 1.29 is 17.9 Å². The molecule has 0 N–H and O–H groups in total. The van der Waals surface area contributed by atoms with Crippen LogP contribution in [0.3, 0.4) is 0 Å². The number of anilines is 2. The van der Waals surface area contributed by atoms with Crippen LogP contribution in [-0.4, -0.2) is 54.1 Å². The Kier molecular flexibility index (Phi) is 4.89. The molecule has 0 bridgehead atoms. The summed E-state index contributed by atoms with van der Waals surface area (Å²) in [6.07, 6.45) is -2.62. The van der Waals surface area contributed by atoms with Crippen LogP contribution in [0.5, 0.6) is 0 Å². The van der Waals surface area contributed by atoms with Gasteiger partial charge in [-0.25, -0.2) is 0 Å². The summed E-state index contributed by atoms with van der Waals surface area (Å²) < 4.78 is 48.1. The van der Waals surface area contributed by atoms with Crippen molar-refractivity contribution in [2.45, 2.75) is 51.0 Å². The van der Waals surface area contributed by atoms with Gasteiger partial charge >= 0.3 is 6.18 Å². The summed E-state index contributed by atoms with van der Waals surface area (Å²) in [6, 6.07) is -0.236. The van der Waals surface area contributed by atoms with Crippen molar-refractivity contribution in [3.8, 4) is 0 Å². The average molecular weight is 398 g/mol. The smallest absolute Gasteiger partial charge is 0.377 e. The van der Waals surface area contributed by atoms with Crippen molar-refractivity contribution in [1.29, 1.82) is 0 Å². The molecular weight excluding hydrogens is 373 g/mol. The third-order valence-corrected chi connectivity index (χ3v) is 5.80. The van der Waals surface area contributed by atoms with E-state index in [0.717, 1.165) is 18.4 Å². The zero-order valence-electron chi connectivity index (χ0n) is 15.9. The van der Waals surface area contributed by atoms with Crippen molar-refractivity contribution in [3.63, 3.8) is 0 Å². The van der Waals surface area contributed by atoms with Gasteiger partial charge in [0.25, 0.3) is 5.56 Å². The van der Waals surface area contributed by atoms with Gasteiger partial charge in [0.1, 0.15) is 11.9 Å². The van der Waals surface area contributed by atoms with Crippen molar-refractivity contribution in [2.75, 3.05) is 36.1 Å². The molecule has 0 amide bonds. The number of morpholine rings is 1. The number of aromatic nitrogens is 2. The highest BCUT2D eigenvalue weighted by Crippen LogP contribution is 2.39. The summed E-state index contributed by atoms with van der Waals surface area (Å²) >= 11 is 0. The van der Waals surface area contributed by atoms with Crippen LogP contribution in [0.2, 0.25) is 0 Å². The van der Waals surface area contributed by atoms with E-state index in [1.165, 1.54) is 15.5 Å². The minimum atomic E-state index is -4.39. The molecule has 0 aromatic carbocycles. The molecule has 0 spiro atoms. The lowest BCUT2D eigenvalue weighted by Crippen LogP contribution is -2.53. The average Bonchev–Trinajstić information content (AvgIpc) is 3.46. The molecule has 2 aliphatic heterocycles. The first-order valence-electron chi connectivity index (χ1n) is 9.73. The van der Waals surface area contributed by atoms with Crippen LogP contribution < -0.4 is 15.4 Å². The molecular formula is C19H25F3N4O2. The van der Waals surface area contributed by atoms with E-state index < -0.39 is 12.2 Å². The van der Waals surface area contributed by atoms with E-state index in [0.29, 0.717) is 25.6 Å². The Balaban J connectivity index is 1.74. The van der Waals surface area contributed by atoms with Gasteiger partial charge < -0.3 is 14.5 Å². The summed E-state index contributed by atoms with van der Waals surface area (Å²) in [5.41, 5.74) is 0.462. The third-order valence-electron chi connectivity index (χ3n) is 5.80. The summed E-state index contributed by atoms with van der Waals surface area (Å²) in [5, 5.41) is 0. The fourth-order valence-corrected chi connectivity index (χ4v) is 4.03. The van der Waals surface area contributed by atoms with E-state index in [9.17, 15) is 18.0 Å². The van der Waals surface area contributed by atoms with Gasteiger partial charge in [-0.3, -0.25) is 9.36 Å². The maximum absolute atomic E-state index is 13.8. The van der Waals surface area contributed by atoms with E-state index in [1.807, 2.05) is 11.8 Å². The lowest BCUT2D eigenvalue weighted by molar-refractivity contribution is -0.152. The Hall–Kier alpha value is -2.03. The molecule has 0 radical (unpaired) electrons. The predicted molar refractivity (Wildman–Crippen MR) is 99.8 cm³/mol. The number of ether oxygens (including phenoxy) is 1. The number of rotatable bonds is 4. The standard InChI is InChI=1S/C19H25F3N4O2/c1-12(14-3-4-14)10-26-15(19(20,21)22)5-6-25-17(27)9-16(23-18(25)26)24-7-8-28-11-13(24)2/h9,13-15H,1,3-8,10-11H2,2H3. The van der Waals surface area contributed by atoms with Gasteiger partial charge in [0.15, 0.2) is 0 Å². The normalized spacial score (nSPS) is 25.6. The number of hydrogen-bond acceptors (Lipinski definition) is 5. The van der Waals surface area contributed by atoms with Crippen LogP contribution >= 0.6 is 0 Å². The number of hydrogen-bond donors (Lipinski definition) is 0. The largest absolute Gasteiger partial charge is 0.408 e. The molecule has 2 unspecified atom stereocenters. The van der Waals surface area contributed by atoms with Crippen LogP contribution in [0.1, 0.15) is 26.2 Å². The summed E-state index contributed by atoms with van der Waals surface area (Å²) in [6.45, 7) is 7.57. The third kappa shape index (κ3) is 3.64. The first-order valence-corrected chi connectivity index (χ1v) is 9.73. The monoisotopic (exact) mass is 398 g/mol. The topological polar surface area (TPSA) is 50.6 Å². The molecule has 2 fully saturated rings. The van der Waals surface area contributed by atoms with E-state index in [-0.39, 0.29) is 43.0 Å². The quantitative estimate of drug-likeness (QED) is 0.730. The Morgan fingerprint density at radius 1 is 1.32 bits per heavy atom. The van der Waals surface area contributed by atoms with Gasteiger partial charge in [-0.1, -0.05) is 12.2 Å². The molecule has 3 aliphatic rings. The lowest BCUT2D eigenvalue weighted by atomic mass is 10.1. The van der Waals surface area contributed by atoms with E-state index in [2.05, 4.69) is 11.6 Å². The second-order valence-electron chi connectivity index (χ2n) is 7.93. The van der Waals surface area contributed by atoms with Crippen molar-refractivity contribution in [1.82, 2.24) is 9.55 Å². The maximum Gasteiger partial charge on any atom is 0.408 e. The molecule has 1 aliphatic carbocycles.